The first-order chi connectivity index (χ1) is 6.08. The van der Waals surface area contributed by atoms with Gasteiger partial charge in [0, 0.05) is 6.54 Å². The third-order valence-corrected chi connectivity index (χ3v) is 0.936. The number of nitrogens with one attached hydrogen (secondary N) is 1. The van der Waals surface area contributed by atoms with Crippen molar-refractivity contribution >= 4 is 11.8 Å². The van der Waals surface area contributed by atoms with Gasteiger partial charge in [-0.25, -0.2) is 0 Å². The van der Waals surface area contributed by atoms with Gasteiger partial charge >= 0.3 is 0 Å². The molecule has 0 atom stereocenters. The van der Waals surface area contributed by atoms with Crippen molar-refractivity contribution in [3.8, 4) is 0 Å². The molecule has 0 aliphatic rings. The number of hydrogen-bond acceptors (Lipinski definition) is 2. The Morgan fingerprint density at radius 3 is 2.08 bits per heavy atom. The quantitative estimate of drug-likeness (QED) is 0.619. The Balaban J connectivity index is 0. The minimum atomic E-state index is -0.481. The van der Waals surface area contributed by atoms with E-state index in [1.807, 2.05) is 6.92 Å². The molecule has 0 saturated heterocycles. The van der Waals surface area contributed by atoms with Gasteiger partial charge in [-0.05, 0) is 18.6 Å². The molecule has 0 aromatic heterocycles. The molecule has 0 fully saturated rings. The average molecular weight is 184 g/mol. The van der Waals surface area contributed by atoms with Gasteiger partial charge in [0.2, 0.25) is 11.8 Å². The van der Waals surface area contributed by atoms with Crippen molar-refractivity contribution in [2.24, 2.45) is 5.73 Å². The Hall–Kier alpha value is -1.58. The minimum Gasteiger partial charge on any atom is -0.366 e. The predicted octanol–water partition coefficient (Wildman–Crippen LogP) is 0.356. The zero-order chi connectivity index (χ0) is 10.7. The fraction of sp³-hybridized carbons (Fsp3) is 0.333. The van der Waals surface area contributed by atoms with Gasteiger partial charge in [0.25, 0.3) is 0 Å². The van der Waals surface area contributed by atoms with E-state index in [2.05, 4.69) is 24.2 Å². The zero-order valence-corrected chi connectivity index (χ0v) is 7.88. The molecule has 0 bridgehead atoms. The summed E-state index contributed by atoms with van der Waals surface area (Å²) >= 11 is 0. The number of amides is 2. The van der Waals surface area contributed by atoms with Gasteiger partial charge in [-0.1, -0.05) is 20.1 Å². The summed E-state index contributed by atoms with van der Waals surface area (Å²) in [5, 5.41) is 2.62. The summed E-state index contributed by atoms with van der Waals surface area (Å²) in [6.07, 6.45) is 3.30. The Kier molecular flexibility index (Phi) is 11.2. The Morgan fingerprint density at radius 1 is 1.38 bits per heavy atom. The summed E-state index contributed by atoms with van der Waals surface area (Å²) < 4.78 is 0. The fourth-order valence-electron chi connectivity index (χ4n) is 0.320. The van der Waals surface area contributed by atoms with Crippen LogP contribution in [0.3, 0.4) is 0 Å². The van der Waals surface area contributed by atoms with Crippen molar-refractivity contribution in [1.82, 2.24) is 5.32 Å². The molecule has 0 spiro atoms. The van der Waals surface area contributed by atoms with Crippen molar-refractivity contribution in [3.63, 3.8) is 0 Å². The van der Waals surface area contributed by atoms with Crippen LogP contribution in [0.15, 0.2) is 25.3 Å². The van der Waals surface area contributed by atoms with Gasteiger partial charge < -0.3 is 11.1 Å². The highest BCUT2D eigenvalue weighted by molar-refractivity contribution is 5.86. The summed E-state index contributed by atoms with van der Waals surface area (Å²) in [4.78, 5) is 19.8. The van der Waals surface area contributed by atoms with E-state index in [1.54, 1.807) is 0 Å². The molecule has 13 heavy (non-hydrogen) atoms. The molecule has 0 saturated carbocycles. The first-order valence-corrected chi connectivity index (χ1v) is 3.90. The first-order valence-electron chi connectivity index (χ1n) is 3.90. The zero-order valence-electron chi connectivity index (χ0n) is 7.88. The van der Waals surface area contributed by atoms with E-state index in [1.165, 1.54) is 6.08 Å². The molecule has 0 heterocycles. The highest BCUT2D eigenvalue weighted by Gasteiger charge is 1.86. The van der Waals surface area contributed by atoms with Crippen LogP contribution in [0, 0.1) is 0 Å². The molecule has 0 radical (unpaired) electrons. The maximum absolute atomic E-state index is 10.3. The van der Waals surface area contributed by atoms with Gasteiger partial charge in [0.1, 0.15) is 0 Å². The second-order valence-corrected chi connectivity index (χ2v) is 2.10. The largest absolute Gasteiger partial charge is 0.366 e. The van der Waals surface area contributed by atoms with Gasteiger partial charge in [0.15, 0.2) is 0 Å². The van der Waals surface area contributed by atoms with Gasteiger partial charge in [-0.2, -0.15) is 0 Å². The molecule has 0 unspecified atom stereocenters. The molecule has 0 aromatic rings. The van der Waals surface area contributed by atoms with E-state index in [0.717, 1.165) is 19.0 Å². The van der Waals surface area contributed by atoms with E-state index in [9.17, 15) is 9.59 Å². The predicted molar refractivity (Wildman–Crippen MR) is 52.9 cm³/mol. The number of hydrogen-bond donors (Lipinski definition) is 2. The molecule has 0 aliphatic heterocycles. The Labute approximate surface area is 78.5 Å². The van der Waals surface area contributed by atoms with Crippen molar-refractivity contribution < 1.29 is 9.59 Å². The molecule has 3 N–H and O–H groups in total. The molecule has 2 amide bonds. The summed E-state index contributed by atoms with van der Waals surface area (Å²) in [6.45, 7) is 9.13. The summed E-state index contributed by atoms with van der Waals surface area (Å²) in [5.41, 5.74) is 4.53. The van der Waals surface area contributed by atoms with Gasteiger partial charge in [-0.15, -0.1) is 0 Å². The van der Waals surface area contributed by atoms with Crippen LogP contribution in [-0.4, -0.2) is 18.4 Å². The molecule has 4 nitrogen and oxygen atoms in total. The second-order valence-electron chi connectivity index (χ2n) is 2.10. The van der Waals surface area contributed by atoms with Gasteiger partial charge in [-0.3, -0.25) is 9.59 Å². The van der Waals surface area contributed by atoms with Crippen LogP contribution >= 0.6 is 0 Å². The summed E-state index contributed by atoms with van der Waals surface area (Å²) in [7, 11) is 0. The lowest BCUT2D eigenvalue weighted by molar-refractivity contribution is -0.116. The Morgan fingerprint density at radius 2 is 1.85 bits per heavy atom. The molecular weight excluding hydrogens is 168 g/mol. The third kappa shape index (κ3) is 17.9. The number of carbonyl (C=O) groups excluding carboxylic acids is 2. The lowest BCUT2D eigenvalue weighted by Gasteiger charge is -1.94. The summed E-state index contributed by atoms with van der Waals surface area (Å²) in [5.74, 6) is -0.572. The van der Waals surface area contributed by atoms with Crippen molar-refractivity contribution in [1.29, 1.82) is 0 Å². The van der Waals surface area contributed by atoms with Crippen LogP contribution in [0.5, 0.6) is 0 Å². The number of primary amides is 1. The molecule has 0 aliphatic carbocycles. The molecule has 4 heteroatoms. The topological polar surface area (TPSA) is 72.2 Å². The lowest BCUT2D eigenvalue weighted by Crippen LogP contribution is -2.20. The highest BCUT2D eigenvalue weighted by atomic mass is 16.1. The van der Waals surface area contributed by atoms with E-state index in [4.69, 9.17) is 0 Å². The first kappa shape index (κ1) is 14.0. The SMILES string of the molecule is C=CC(=O)NCCC.C=CC(N)=O. The number of rotatable bonds is 4. The third-order valence-electron chi connectivity index (χ3n) is 0.936. The van der Waals surface area contributed by atoms with Crippen LogP contribution in [0.2, 0.25) is 0 Å². The average Bonchev–Trinajstić information content (AvgIpc) is 2.15. The minimum absolute atomic E-state index is 0.0909. The van der Waals surface area contributed by atoms with E-state index < -0.39 is 5.91 Å². The van der Waals surface area contributed by atoms with Crippen LogP contribution in [0.1, 0.15) is 13.3 Å². The lowest BCUT2D eigenvalue weighted by atomic mass is 10.4. The van der Waals surface area contributed by atoms with Crippen LogP contribution in [0.25, 0.3) is 0 Å². The normalized spacial score (nSPS) is 7.46. The molecular formula is C9H16N2O2. The van der Waals surface area contributed by atoms with Crippen LogP contribution in [0.4, 0.5) is 0 Å². The molecule has 74 valence electrons. The second kappa shape index (κ2) is 10.4. The maximum atomic E-state index is 10.3. The highest BCUT2D eigenvalue weighted by Crippen LogP contribution is 1.70. The van der Waals surface area contributed by atoms with E-state index >= 15 is 0 Å². The Bertz CT molecular complexity index is 188. The standard InChI is InChI=1S/C6H11NO.C3H5NO/c1-3-5-7-6(8)4-2;1-2-3(4)5/h4H,2-3,5H2,1H3,(H,7,8);2H,1H2,(H2,4,5). The van der Waals surface area contributed by atoms with E-state index in [-0.39, 0.29) is 5.91 Å². The van der Waals surface area contributed by atoms with Crippen LogP contribution in [-0.2, 0) is 9.59 Å². The molecule has 0 rings (SSSR count). The van der Waals surface area contributed by atoms with E-state index in [0.29, 0.717) is 0 Å². The van der Waals surface area contributed by atoms with Gasteiger partial charge in [0.05, 0.1) is 0 Å². The number of nitrogens with two attached hydrogens (primary N) is 1. The van der Waals surface area contributed by atoms with Crippen molar-refractivity contribution in [2.45, 2.75) is 13.3 Å². The van der Waals surface area contributed by atoms with Crippen LogP contribution < -0.4 is 11.1 Å². The fourth-order valence-corrected chi connectivity index (χ4v) is 0.320. The van der Waals surface area contributed by atoms with Crippen molar-refractivity contribution in [2.75, 3.05) is 6.54 Å². The maximum Gasteiger partial charge on any atom is 0.243 e. The summed E-state index contributed by atoms with van der Waals surface area (Å²) in [6, 6.07) is 0. The number of carbonyl (C=O) groups is 2. The molecule has 0 aromatic carbocycles. The van der Waals surface area contributed by atoms with Crippen molar-refractivity contribution in [3.05, 3.63) is 25.3 Å². The monoisotopic (exact) mass is 184 g/mol. The smallest absolute Gasteiger partial charge is 0.243 e.